The van der Waals surface area contributed by atoms with Crippen LogP contribution in [0.1, 0.15) is 32.8 Å². The summed E-state index contributed by atoms with van der Waals surface area (Å²) in [5.74, 6) is 0.368. The van der Waals surface area contributed by atoms with E-state index in [2.05, 4.69) is 26.1 Å². The van der Waals surface area contributed by atoms with E-state index in [1.165, 1.54) is 0 Å². The maximum atomic E-state index is 9.54. The maximum Gasteiger partial charge on any atom is 0.120 e. The number of phenolic OH excluding ortho intramolecular Hbond substituents is 1. The normalized spacial score (nSPS) is 11.6. The molecule has 1 aromatic carbocycles. The maximum absolute atomic E-state index is 9.54. The second-order valence-electron chi connectivity index (χ2n) is 4.22. The monoisotopic (exact) mass is 193 g/mol. The first-order valence-corrected chi connectivity index (χ1v) is 5.07. The summed E-state index contributed by atoms with van der Waals surface area (Å²) in [5.41, 5.74) is 1.08. The number of nitrogens with one attached hydrogen (secondary N) is 1. The fourth-order valence-corrected chi connectivity index (χ4v) is 1.12. The first kappa shape index (κ1) is 11.1. The molecule has 0 fully saturated rings. The van der Waals surface area contributed by atoms with Crippen LogP contribution in [0.25, 0.3) is 0 Å². The first-order valence-electron chi connectivity index (χ1n) is 5.07. The fourth-order valence-electron chi connectivity index (χ4n) is 1.12. The van der Waals surface area contributed by atoms with Gasteiger partial charge in [0.15, 0.2) is 0 Å². The van der Waals surface area contributed by atoms with Crippen LogP contribution < -0.4 is 5.32 Å². The summed E-state index contributed by atoms with van der Waals surface area (Å²) >= 11 is 0. The third-order valence-corrected chi connectivity index (χ3v) is 2.63. The van der Waals surface area contributed by atoms with E-state index in [4.69, 9.17) is 0 Å². The quantitative estimate of drug-likeness (QED) is 0.770. The molecule has 0 saturated carbocycles. The van der Waals surface area contributed by atoms with E-state index in [1.807, 2.05) is 18.2 Å². The smallest absolute Gasteiger partial charge is 0.120 e. The van der Waals surface area contributed by atoms with Crippen LogP contribution in [0.4, 0.5) is 0 Å². The van der Waals surface area contributed by atoms with Gasteiger partial charge in [0.05, 0.1) is 0 Å². The predicted molar refractivity (Wildman–Crippen MR) is 59.3 cm³/mol. The molecule has 0 atom stereocenters. The Bertz CT molecular complexity index is 294. The largest absolute Gasteiger partial charge is 0.508 e. The Morgan fingerprint density at radius 3 is 2.50 bits per heavy atom. The zero-order valence-electron chi connectivity index (χ0n) is 9.17. The molecular formula is C12H19NO. The van der Waals surface area contributed by atoms with Gasteiger partial charge in [-0.2, -0.15) is 0 Å². The molecule has 0 aromatic heterocycles. The van der Waals surface area contributed by atoms with Crippen molar-refractivity contribution >= 4 is 0 Å². The molecule has 0 unspecified atom stereocenters. The summed E-state index contributed by atoms with van der Waals surface area (Å²) in [5, 5.41) is 12.9. The van der Waals surface area contributed by atoms with Crippen molar-refractivity contribution < 1.29 is 5.11 Å². The van der Waals surface area contributed by atoms with Gasteiger partial charge in [0.2, 0.25) is 0 Å². The van der Waals surface area contributed by atoms with Crippen molar-refractivity contribution in [3.8, 4) is 5.75 Å². The van der Waals surface area contributed by atoms with E-state index in [0.29, 0.717) is 12.3 Å². The molecule has 2 nitrogen and oxygen atoms in total. The highest BCUT2D eigenvalue weighted by Gasteiger charge is 2.13. The highest BCUT2D eigenvalue weighted by Crippen LogP contribution is 2.17. The minimum atomic E-state index is 0.127. The standard InChI is InChI=1S/C12H19NO/c1-4-12(2,3)13-9-10-7-5-6-8-11(10)14/h5-8,13-14H,4,9H2,1-3H3. The molecule has 0 radical (unpaired) electrons. The van der Waals surface area contributed by atoms with Crippen LogP contribution in [-0.4, -0.2) is 10.6 Å². The third kappa shape index (κ3) is 3.04. The molecule has 0 saturated heterocycles. The second-order valence-corrected chi connectivity index (χ2v) is 4.22. The molecule has 1 rings (SSSR count). The van der Waals surface area contributed by atoms with Crippen LogP contribution in [0.3, 0.4) is 0 Å². The molecule has 0 bridgehead atoms. The lowest BCUT2D eigenvalue weighted by Gasteiger charge is -2.24. The lowest BCUT2D eigenvalue weighted by molar-refractivity contribution is 0.369. The van der Waals surface area contributed by atoms with Crippen LogP contribution in [0.5, 0.6) is 5.75 Å². The molecule has 0 amide bonds. The van der Waals surface area contributed by atoms with Crippen molar-refractivity contribution in [3.63, 3.8) is 0 Å². The lowest BCUT2D eigenvalue weighted by atomic mass is 10.0. The molecule has 0 heterocycles. The van der Waals surface area contributed by atoms with Crippen molar-refractivity contribution in [3.05, 3.63) is 29.8 Å². The van der Waals surface area contributed by atoms with Crippen molar-refractivity contribution in [1.29, 1.82) is 0 Å². The lowest BCUT2D eigenvalue weighted by Crippen LogP contribution is -2.37. The summed E-state index contributed by atoms with van der Waals surface area (Å²) in [6, 6.07) is 7.43. The number of benzene rings is 1. The Kier molecular flexibility index (Phi) is 3.53. The number of rotatable bonds is 4. The van der Waals surface area contributed by atoms with Gasteiger partial charge in [-0.1, -0.05) is 25.1 Å². The molecule has 2 N–H and O–H groups in total. The summed E-state index contributed by atoms with van der Waals surface area (Å²) in [6.07, 6.45) is 1.07. The highest BCUT2D eigenvalue weighted by molar-refractivity contribution is 5.31. The van der Waals surface area contributed by atoms with Crippen molar-refractivity contribution in [1.82, 2.24) is 5.32 Å². The van der Waals surface area contributed by atoms with E-state index in [-0.39, 0.29) is 5.54 Å². The van der Waals surface area contributed by atoms with Crippen molar-refractivity contribution in [2.24, 2.45) is 0 Å². The van der Waals surface area contributed by atoms with E-state index < -0.39 is 0 Å². The van der Waals surface area contributed by atoms with Gasteiger partial charge in [-0.25, -0.2) is 0 Å². The summed E-state index contributed by atoms with van der Waals surface area (Å²) < 4.78 is 0. The van der Waals surface area contributed by atoms with Crippen LogP contribution in [0, 0.1) is 0 Å². The van der Waals surface area contributed by atoms with E-state index in [0.717, 1.165) is 12.0 Å². The predicted octanol–water partition coefficient (Wildman–Crippen LogP) is 2.67. The number of para-hydroxylation sites is 1. The van der Waals surface area contributed by atoms with E-state index in [9.17, 15) is 5.11 Å². The highest BCUT2D eigenvalue weighted by atomic mass is 16.3. The summed E-state index contributed by atoms with van der Waals surface area (Å²) in [4.78, 5) is 0. The number of hydrogen-bond donors (Lipinski definition) is 2. The third-order valence-electron chi connectivity index (χ3n) is 2.63. The van der Waals surface area contributed by atoms with Gasteiger partial charge in [-0.15, -0.1) is 0 Å². The van der Waals surface area contributed by atoms with Crippen LogP contribution >= 0.6 is 0 Å². The topological polar surface area (TPSA) is 32.3 Å². The van der Waals surface area contributed by atoms with Crippen molar-refractivity contribution in [2.75, 3.05) is 0 Å². The molecule has 0 spiro atoms. The Hall–Kier alpha value is -1.02. The SMILES string of the molecule is CCC(C)(C)NCc1ccccc1O. The minimum absolute atomic E-state index is 0.127. The molecule has 2 heteroatoms. The Labute approximate surface area is 86.0 Å². The zero-order chi connectivity index (χ0) is 10.6. The number of phenols is 1. The van der Waals surface area contributed by atoms with Crippen LogP contribution in [-0.2, 0) is 6.54 Å². The minimum Gasteiger partial charge on any atom is -0.508 e. The van der Waals surface area contributed by atoms with Gasteiger partial charge >= 0.3 is 0 Å². The summed E-state index contributed by atoms with van der Waals surface area (Å²) in [6.45, 7) is 7.19. The van der Waals surface area contributed by atoms with Crippen molar-refractivity contribution in [2.45, 2.75) is 39.3 Å². The van der Waals surface area contributed by atoms with E-state index >= 15 is 0 Å². The molecule has 0 aliphatic rings. The molecule has 1 aromatic rings. The summed E-state index contributed by atoms with van der Waals surface area (Å²) in [7, 11) is 0. The van der Waals surface area contributed by atoms with Gasteiger partial charge in [0.1, 0.15) is 5.75 Å². The van der Waals surface area contributed by atoms with Gasteiger partial charge in [0, 0.05) is 17.6 Å². The average Bonchev–Trinajstić information content (AvgIpc) is 2.17. The zero-order valence-corrected chi connectivity index (χ0v) is 9.17. The average molecular weight is 193 g/mol. The molecule has 14 heavy (non-hydrogen) atoms. The van der Waals surface area contributed by atoms with Gasteiger partial charge < -0.3 is 10.4 Å². The molecule has 78 valence electrons. The van der Waals surface area contributed by atoms with Crippen LogP contribution in [0.15, 0.2) is 24.3 Å². The molecule has 0 aliphatic carbocycles. The van der Waals surface area contributed by atoms with Gasteiger partial charge in [0.25, 0.3) is 0 Å². The Balaban J connectivity index is 2.58. The molecular weight excluding hydrogens is 174 g/mol. The van der Waals surface area contributed by atoms with Crippen LogP contribution in [0.2, 0.25) is 0 Å². The first-order chi connectivity index (χ1) is 6.55. The number of aromatic hydroxyl groups is 1. The fraction of sp³-hybridized carbons (Fsp3) is 0.500. The van der Waals surface area contributed by atoms with E-state index in [1.54, 1.807) is 6.07 Å². The Morgan fingerprint density at radius 1 is 1.29 bits per heavy atom. The van der Waals surface area contributed by atoms with Gasteiger partial charge in [-0.3, -0.25) is 0 Å². The Morgan fingerprint density at radius 2 is 1.93 bits per heavy atom. The second kappa shape index (κ2) is 4.47. The molecule has 0 aliphatic heterocycles. The number of hydrogen-bond acceptors (Lipinski definition) is 2. The van der Waals surface area contributed by atoms with Gasteiger partial charge in [-0.05, 0) is 26.3 Å².